The van der Waals surface area contributed by atoms with Crippen molar-refractivity contribution in [1.82, 2.24) is 10.3 Å². The molecule has 0 heterocycles. The first-order chi connectivity index (χ1) is 10.5. The number of hydrogen-bond donors (Lipinski definition) is 3. The third kappa shape index (κ3) is 4.74. The molecule has 0 saturated heterocycles. The Kier molecular flexibility index (Phi) is 6.84. The predicted molar refractivity (Wildman–Crippen MR) is 81.5 cm³/mol. The third-order valence-electron chi connectivity index (χ3n) is 2.85. The zero-order valence-corrected chi connectivity index (χ0v) is 12.6. The summed E-state index contributed by atoms with van der Waals surface area (Å²) in [6.45, 7) is 4.39. The SMILES string of the molecule is CCN(CC)C(=O)C(=O)NN=Cc1ccc(O)c(OCN)c1. The maximum absolute atomic E-state index is 11.7. The van der Waals surface area contributed by atoms with Crippen LogP contribution in [0.3, 0.4) is 0 Å². The van der Waals surface area contributed by atoms with Gasteiger partial charge in [0, 0.05) is 13.1 Å². The van der Waals surface area contributed by atoms with E-state index in [1.165, 1.54) is 23.2 Å². The number of benzene rings is 1. The van der Waals surface area contributed by atoms with E-state index < -0.39 is 11.8 Å². The van der Waals surface area contributed by atoms with Gasteiger partial charge in [0.15, 0.2) is 11.5 Å². The molecule has 0 aromatic heterocycles. The monoisotopic (exact) mass is 308 g/mol. The average Bonchev–Trinajstić information content (AvgIpc) is 2.51. The molecule has 8 heteroatoms. The average molecular weight is 308 g/mol. The standard InChI is InChI=1S/C14H20N4O4/c1-3-18(4-2)14(21)13(20)17-16-8-10-5-6-11(19)12(7-10)22-9-15/h5-8,19H,3-4,9,15H2,1-2H3,(H,17,20). The zero-order chi connectivity index (χ0) is 16.5. The van der Waals surface area contributed by atoms with Crippen LogP contribution in [-0.2, 0) is 9.59 Å². The summed E-state index contributed by atoms with van der Waals surface area (Å²) in [5.74, 6) is -1.29. The molecule has 0 unspecified atom stereocenters. The van der Waals surface area contributed by atoms with E-state index in [0.29, 0.717) is 18.7 Å². The van der Waals surface area contributed by atoms with E-state index in [2.05, 4.69) is 10.5 Å². The van der Waals surface area contributed by atoms with Crippen molar-refractivity contribution in [2.24, 2.45) is 10.8 Å². The number of nitrogens with one attached hydrogen (secondary N) is 1. The van der Waals surface area contributed by atoms with Crippen LogP contribution in [0.1, 0.15) is 19.4 Å². The number of phenolic OH excluding ortho intramolecular Hbond substituents is 1. The van der Waals surface area contributed by atoms with Gasteiger partial charge in [-0.25, -0.2) is 5.43 Å². The van der Waals surface area contributed by atoms with E-state index >= 15 is 0 Å². The fourth-order valence-electron chi connectivity index (χ4n) is 1.68. The lowest BCUT2D eigenvalue weighted by Gasteiger charge is -2.16. The van der Waals surface area contributed by atoms with Gasteiger partial charge in [0.1, 0.15) is 6.73 Å². The highest BCUT2D eigenvalue weighted by Gasteiger charge is 2.18. The number of amides is 2. The predicted octanol–water partition coefficient (Wildman–Crippen LogP) is 0.00570. The largest absolute Gasteiger partial charge is 0.504 e. The van der Waals surface area contributed by atoms with Gasteiger partial charge in [0.05, 0.1) is 6.21 Å². The number of likely N-dealkylation sites (N-methyl/N-ethyl adjacent to an activating group) is 1. The molecular formula is C14H20N4O4. The summed E-state index contributed by atoms with van der Waals surface area (Å²) in [5.41, 5.74) is 7.97. The minimum absolute atomic E-state index is 0.0525. The van der Waals surface area contributed by atoms with Gasteiger partial charge in [-0.1, -0.05) is 0 Å². The summed E-state index contributed by atoms with van der Waals surface area (Å²) in [7, 11) is 0. The Balaban J connectivity index is 2.67. The first kappa shape index (κ1) is 17.4. The molecule has 0 saturated carbocycles. The lowest BCUT2D eigenvalue weighted by Crippen LogP contribution is -2.41. The van der Waals surface area contributed by atoms with Gasteiger partial charge in [-0.15, -0.1) is 0 Å². The normalized spacial score (nSPS) is 10.5. The summed E-state index contributed by atoms with van der Waals surface area (Å²) < 4.78 is 5.02. The van der Waals surface area contributed by atoms with Crippen LogP contribution >= 0.6 is 0 Å². The van der Waals surface area contributed by atoms with Crippen LogP contribution in [0.5, 0.6) is 11.5 Å². The Hall–Kier alpha value is -2.61. The second-order valence-corrected chi connectivity index (χ2v) is 4.21. The highest BCUT2D eigenvalue weighted by molar-refractivity contribution is 6.34. The van der Waals surface area contributed by atoms with Gasteiger partial charge < -0.3 is 14.7 Å². The second kappa shape index (κ2) is 8.63. The smallest absolute Gasteiger partial charge is 0.329 e. The molecular weight excluding hydrogens is 288 g/mol. The first-order valence-electron chi connectivity index (χ1n) is 6.81. The van der Waals surface area contributed by atoms with Crippen LogP contribution in [0.4, 0.5) is 0 Å². The van der Waals surface area contributed by atoms with Crippen molar-refractivity contribution in [2.45, 2.75) is 13.8 Å². The van der Waals surface area contributed by atoms with Crippen molar-refractivity contribution in [3.05, 3.63) is 23.8 Å². The number of hydrazone groups is 1. The Morgan fingerprint density at radius 1 is 1.41 bits per heavy atom. The first-order valence-corrected chi connectivity index (χ1v) is 6.81. The topological polar surface area (TPSA) is 117 Å². The van der Waals surface area contributed by atoms with E-state index in [0.717, 1.165) is 0 Å². The van der Waals surface area contributed by atoms with Crippen LogP contribution in [0.2, 0.25) is 0 Å². The zero-order valence-electron chi connectivity index (χ0n) is 12.6. The lowest BCUT2D eigenvalue weighted by molar-refractivity contribution is -0.145. The summed E-state index contributed by atoms with van der Waals surface area (Å²) in [5, 5.41) is 13.2. The maximum Gasteiger partial charge on any atom is 0.329 e. The minimum atomic E-state index is -0.808. The second-order valence-electron chi connectivity index (χ2n) is 4.21. The number of nitrogens with two attached hydrogens (primary N) is 1. The van der Waals surface area contributed by atoms with Gasteiger partial charge >= 0.3 is 11.8 Å². The molecule has 0 radical (unpaired) electrons. The number of hydrogen-bond acceptors (Lipinski definition) is 6. The maximum atomic E-state index is 11.7. The number of rotatable bonds is 6. The van der Waals surface area contributed by atoms with Crippen molar-refractivity contribution in [2.75, 3.05) is 19.8 Å². The van der Waals surface area contributed by atoms with Gasteiger partial charge in [-0.2, -0.15) is 5.10 Å². The molecule has 0 bridgehead atoms. The van der Waals surface area contributed by atoms with Gasteiger partial charge in [0.25, 0.3) is 0 Å². The fourth-order valence-corrected chi connectivity index (χ4v) is 1.68. The molecule has 0 aliphatic carbocycles. The number of carbonyl (C=O) groups excluding carboxylic acids is 2. The van der Waals surface area contributed by atoms with Gasteiger partial charge in [0.2, 0.25) is 0 Å². The summed E-state index contributed by atoms with van der Waals surface area (Å²) in [4.78, 5) is 24.7. The Bertz CT molecular complexity index is 556. The van der Waals surface area contributed by atoms with Crippen molar-refractivity contribution < 1.29 is 19.4 Å². The molecule has 1 aromatic rings. The minimum Gasteiger partial charge on any atom is -0.504 e. The third-order valence-corrected chi connectivity index (χ3v) is 2.85. The summed E-state index contributed by atoms with van der Waals surface area (Å²) in [6, 6.07) is 4.49. The lowest BCUT2D eigenvalue weighted by atomic mass is 10.2. The summed E-state index contributed by atoms with van der Waals surface area (Å²) >= 11 is 0. The number of phenols is 1. The highest BCUT2D eigenvalue weighted by atomic mass is 16.5. The van der Waals surface area contributed by atoms with E-state index in [1.54, 1.807) is 19.9 Å². The molecule has 1 rings (SSSR count). The molecule has 4 N–H and O–H groups in total. The van der Waals surface area contributed by atoms with Crippen molar-refractivity contribution in [3.63, 3.8) is 0 Å². The molecule has 22 heavy (non-hydrogen) atoms. The number of nitrogens with zero attached hydrogens (tertiary/aromatic N) is 2. The van der Waals surface area contributed by atoms with Crippen LogP contribution in [0.25, 0.3) is 0 Å². The van der Waals surface area contributed by atoms with Crippen LogP contribution in [-0.4, -0.2) is 47.9 Å². The van der Waals surface area contributed by atoms with E-state index in [-0.39, 0.29) is 18.2 Å². The molecule has 120 valence electrons. The van der Waals surface area contributed by atoms with E-state index in [9.17, 15) is 14.7 Å². The Morgan fingerprint density at radius 2 is 2.09 bits per heavy atom. The Labute approximate surface area is 128 Å². The fraction of sp³-hybridized carbons (Fsp3) is 0.357. The molecule has 0 spiro atoms. The van der Waals surface area contributed by atoms with E-state index in [1.807, 2.05) is 0 Å². The van der Waals surface area contributed by atoms with Crippen molar-refractivity contribution in [1.29, 1.82) is 0 Å². The van der Waals surface area contributed by atoms with Crippen molar-refractivity contribution in [3.8, 4) is 11.5 Å². The van der Waals surface area contributed by atoms with Crippen LogP contribution < -0.4 is 15.9 Å². The van der Waals surface area contributed by atoms with Gasteiger partial charge in [-0.3, -0.25) is 15.3 Å². The molecule has 8 nitrogen and oxygen atoms in total. The van der Waals surface area contributed by atoms with E-state index in [4.69, 9.17) is 10.5 Å². The molecule has 0 atom stereocenters. The van der Waals surface area contributed by atoms with Gasteiger partial charge in [-0.05, 0) is 37.6 Å². The molecule has 0 aliphatic heterocycles. The molecule has 0 fully saturated rings. The van der Waals surface area contributed by atoms with Crippen LogP contribution in [0, 0.1) is 0 Å². The summed E-state index contributed by atoms with van der Waals surface area (Å²) in [6.07, 6.45) is 1.33. The van der Waals surface area contributed by atoms with Crippen molar-refractivity contribution >= 4 is 18.0 Å². The number of aromatic hydroxyl groups is 1. The highest BCUT2D eigenvalue weighted by Crippen LogP contribution is 2.25. The molecule has 2 amide bonds. The number of ether oxygens (including phenoxy) is 1. The van der Waals surface area contributed by atoms with Crippen LogP contribution in [0.15, 0.2) is 23.3 Å². The molecule has 1 aromatic carbocycles. The quantitative estimate of drug-likeness (QED) is 0.296. The molecule has 0 aliphatic rings. The Morgan fingerprint density at radius 3 is 2.68 bits per heavy atom. The number of carbonyl (C=O) groups is 2.